The van der Waals surface area contributed by atoms with Gasteiger partial charge in [0.15, 0.2) is 0 Å². The van der Waals surface area contributed by atoms with E-state index < -0.39 is 0 Å². The highest BCUT2D eigenvalue weighted by Gasteiger charge is 2.12. The lowest BCUT2D eigenvalue weighted by Crippen LogP contribution is -2.24. The molecule has 2 rings (SSSR count). The Morgan fingerprint density at radius 3 is 2.95 bits per heavy atom. The van der Waals surface area contributed by atoms with Crippen LogP contribution in [-0.2, 0) is 6.54 Å². The third-order valence-corrected chi connectivity index (χ3v) is 3.28. The van der Waals surface area contributed by atoms with Crippen molar-refractivity contribution in [2.75, 3.05) is 12.4 Å². The smallest absolute Gasteiger partial charge is 0.255 e. The van der Waals surface area contributed by atoms with Gasteiger partial charge in [-0.2, -0.15) is 5.26 Å². The number of carbonyl (C=O) groups is 1. The number of benzene rings is 1. The highest BCUT2D eigenvalue weighted by Crippen LogP contribution is 2.17. The van der Waals surface area contributed by atoms with Crippen LogP contribution >= 0.6 is 15.9 Å². The Bertz CT molecular complexity index is 709. The van der Waals surface area contributed by atoms with E-state index in [-0.39, 0.29) is 5.91 Å². The number of nitrogens with one attached hydrogen (secondary N) is 2. The van der Waals surface area contributed by atoms with Gasteiger partial charge in [0.2, 0.25) is 0 Å². The van der Waals surface area contributed by atoms with Gasteiger partial charge in [0.25, 0.3) is 5.91 Å². The number of aromatic nitrogens is 1. The van der Waals surface area contributed by atoms with Crippen LogP contribution in [-0.4, -0.2) is 17.9 Å². The number of hydrogen-bond donors (Lipinski definition) is 2. The molecule has 1 aromatic carbocycles. The Kier molecular flexibility index (Phi) is 4.90. The highest BCUT2D eigenvalue weighted by atomic mass is 79.9. The van der Waals surface area contributed by atoms with Crippen LogP contribution in [0.3, 0.4) is 0 Å². The van der Waals surface area contributed by atoms with E-state index in [1.807, 2.05) is 6.07 Å². The van der Waals surface area contributed by atoms with Gasteiger partial charge in [0.05, 0.1) is 17.2 Å². The van der Waals surface area contributed by atoms with Gasteiger partial charge in [-0.25, -0.2) is 4.98 Å². The van der Waals surface area contributed by atoms with Crippen molar-refractivity contribution in [3.63, 3.8) is 0 Å². The fourth-order valence-electron chi connectivity index (χ4n) is 1.84. The van der Waals surface area contributed by atoms with Gasteiger partial charge in [-0.15, -0.1) is 0 Å². The number of nitriles is 1. The minimum atomic E-state index is -0.226. The van der Waals surface area contributed by atoms with Crippen molar-refractivity contribution in [1.82, 2.24) is 10.3 Å². The molecule has 0 aliphatic heterocycles. The predicted molar refractivity (Wildman–Crippen MR) is 83.8 cm³/mol. The van der Waals surface area contributed by atoms with Crippen molar-refractivity contribution in [3.8, 4) is 6.07 Å². The van der Waals surface area contributed by atoms with Crippen molar-refractivity contribution in [1.29, 1.82) is 5.26 Å². The van der Waals surface area contributed by atoms with Crippen LogP contribution in [0.2, 0.25) is 0 Å². The fourth-order valence-corrected chi connectivity index (χ4v) is 2.17. The number of amides is 1. The summed E-state index contributed by atoms with van der Waals surface area (Å²) in [6, 6.07) is 10.9. The average Bonchev–Trinajstić information content (AvgIpc) is 2.52. The molecule has 106 valence electrons. The Balaban J connectivity index is 2.11. The quantitative estimate of drug-likeness (QED) is 0.893. The molecular formula is C15H13BrN4O. The van der Waals surface area contributed by atoms with Crippen LogP contribution in [0.1, 0.15) is 21.5 Å². The lowest BCUT2D eigenvalue weighted by Gasteiger charge is -2.09. The Morgan fingerprint density at radius 1 is 1.43 bits per heavy atom. The van der Waals surface area contributed by atoms with E-state index in [9.17, 15) is 4.79 Å². The molecule has 0 aliphatic rings. The summed E-state index contributed by atoms with van der Waals surface area (Å²) in [5.74, 6) is 0.289. The number of carbonyl (C=O) groups excluding carboxylic acids is 1. The maximum atomic E-state index is 12.2. The van der Waals surface area contributed by atoms with Crippen LogP contribution in [0, 0.1) is 11.3 Å². The number of pyridine rings is 1. The summed E-state index contributed by atoms with van der Waals surface area (Å²) in [7, 11) is 1.71. The average molecular weight is 345 g/mol. The molecule has 0 unspecified atom stereocenters. The molecule has 1 heterocycles. The summed E-state index contributed by atoms with van der Waals surface area (Å²) in [6.07, 6.45) is 1.62. The first-order chi connectivity index (χ1) is 10.1. The number of rotatable bonds is 4. The van der Waals surface area contributed by atoms with E-state index in [0.29, 0.717) is 23.5 Å². The summed E-state index contributed by atoms with van der Waals surface area (Å²) >= 11 is 3.30. The minimum absolute atomic E-state index is 0.226. The first-order valence-corrected chi connectivity index (χ1v) is 7.04. The second kappa shape index (κ2) is 6.86. The predicted octanol–water partition coefficient (Wildman–Crippen LogP) is 2.69. The zero-order valence-corrected chi connectivity index (χ0v) is 12.9. The first kappa shape index (κ1) is 15.0. The molecule has 0 fully saturated rings. The topological polar surface area (TPSA) is 77.8 Å². The van der Waals surface area contributed by atoms with Crippen molar-refractivity contribution in [3.05, 3.63) is 57.7 Å². The zero-order valence-electron chi connectivity index (χ0n) is 11.4. The van der Waals surface area contributed by atoms with Crippen LogP contribution in [0.4, 0.5) is 5.82 Å². The third kappa shape index (κ3) is 3.80. The van der Waals surface area contributed by atoms with Crippen LogP contribution < -0.4 is 10.6 Å². The van der Waals surface area contributed by atoms with E-state index in [1.54, 1.807) is 37.5 Å². The van der Waals surface area contributed by atoms with Gasteiger partial charge in [-0.05, 0) is 39.7 Å². The summed E-state index contributed by atoms with van der Waals surface area (Å²) < 4.78 is 0.734. The zero-order chi connectivity index (χ0) is 15.2. The van der Waals surface area contributed by atoms with Gasteiger partial charge in [0.1, 0.15) is 5.82 Å². The SMILES string of the molecule is CNc1ncc(Br)cc1C(=O)NCc1cccc(C#N)c1. The van der Waals surface area contributed by atoms with E-state index in [0.717, 1.165) is 10.0 Å². The Labute approximate surface area is 131 Å². The molecule has 0 radical (unpaired) electrons. The van der Waals surface area contributed by atoms with Crippen LogP contribution in [0.5, 0.6) is 0 Å². The van der Waals surface area contributed by atoms with Crippen molar-refractivity contribution >= 4 is 27.7 Å². The van der Waals surface area contributed by atoms with Gasteiger partial charge in [-0.1, -0.05) is 12.1 Å². The summed E-state index contributed by atoms with van der Waals surface area (Å²) in [6.45, 7) is 0.351. The largest absolute Gasteiger partial charge is 0.372 e. The molecule has 5 nitrogen and oxygen atoms in total. The van der Waals surface area contributed by atoms with Crippen molar-refractivity contribution in [2.45, 2.75) is 6.54 Å². The lowest BCUT2D eigenvalue weighted by molar-refractivity contribution is 0.0951. The molecule has 0 bridgehead atoms. The maximum absolute atomic E-state index is 12.2. The Hall–Kier alpha value is -2.39. The summed E-state index contributed by atoms with van der Waals surface area (Å²) in [5.41, 5.74) is 1.90. The normalized spacial score (nSPS) is 9.76. The molecule has 0 spiro atoms. The van der Waals surface area contributed by atoms with Crippen LogP contribution in [0.15, 0.2) is 41.0 Å². The van der Waals surface area contributed by atoms with Crippen molar-refractivity contribution < 1.29 is 4.79 Å². The molecule has 0 aliphatic carbocycles. The minimum Gasteiger partial charge on any atom is -0.372 e. The number of anilines is 1. The molecule has 0 saturated heterocycles. The van der Waals surface area contributed by atoms with Crippen molar-refractivity contribution in [2.24, 2.45) is 0 Å². The maximum Gasteiger partial charge on any atom is 0.255 e. The monoisotopic (exact) mass is 344 g/mol. The number of halogens is 1. The standard InChI is InChI=1S/C15H13BrN4O/c1-18-14-13(6-12(16)9-19-14)15(21)20-8-11-4-2-3-10(5-11)7-17/h2-6,9H,8H2,1H3,(H,18,19)(H,20,21). The molecule has 0 atom stereocenters. The summed E-state index contributed by atoms with van der Waals surface area (Å²) in [5, 5.41) is 14.6. The third-order valence-electron chi connectivity index (χ3n) is 2.84. The molecule has 6 heteroatoms. The van der Waals surface area contributed by atoms with E-state index in [4.69, 9.17) is 5.26 Å². The van der Waals surface area contributed by atoms with E-state index >= 15 is 0 Å². The van der Waals surface area contributed by atoms with Gasteiger partial charge < -0.3 is 10.6 Å². The molecule has 1 aromatic heterocycles. The van der Waals surface area contributed by atoms with E-state index in [1.165, 1.54) is 0 Å². The van der Waals surface area contributed by atoms with Crippen LogP contribution in [0.25, 0.3) is 0 Å². The molecule has 2 N–H and O–H groups in total. The van der Waals surface area contributed by atoms with Gasteiger partial charge >= 0.3 is 0 Å². The first-order valence-electron chi connectivity index (χ1n) is 6.24. The second-order valence-corrected chi connectivity index (χ2v) is 5.21. The molecule has 2 aromatic rings. The Morgan fingerprint density at radius 2 is 2.24 bits per heavy atom. The van der Waals surface area contributed by atoms with E-state index in [2.05, 4.69) is 37.6 Å². The fraction of sp³-hybridized carbons (Fsp3) is 0.133. The second-order valence-electron chi connectivity index (χ2n) is 4.29. The molecular weight excluding hydrogens is 332 g/mol. The molecule has 21 heavy (non-hydrogen) atoms. The number of nitrogens with zero attached hydrogens (tertiary/aromatic N) is 2. The molecule has 1 amide bonds. The lowest BCUT2D eigenvalue weighted by atomic mass is 10.1. The molecule has 0 saturated carbocycles. The van der Waals surface area contributed by atoms with Gasteiger partial charge in [-0.3, -0.25) is 4.79 Å². The van der Waals surface area contributed by atoms with Gasteiger partial charge in [0, 0.05) is 24.3 Å². The highest BCUT2D eigenvalue weighted by molar-refractivity contribution is 9.10. The summed E-state index contributed by atoms with van der Waals surface area (Å²) in [4.78, 5) is 16.4. The number of hydrogen-bond acceptors (Lipinski definition) is 4.